The molecule has 1 aliphatic heterocycles. The van der Waals surface area contributed by atoms with Crippen molar-refractivity contribution in [1.29, 1.82) is 0 Å². The summed E-state index contributed by atoms with van der Waals surface area (Å²) in [6.45, 7) is 1.40. The fourth-order valence-electron chi connectivity index (χ4n) is 3.51. The Morgan fingerprint density at radius 3 is 2.60 bits per heavy atom. The van der Waals surface area contributed by atoms with Crippen LogP contribution in [0.3, 0.4) is 0 Å². The molecular formula is C21H17ClF3N3O2. The molecule has 0 amide bonds. The highest BCUT2D eigenvalue weighted by Crippen LogP contribution is 2.31. The highest BCUT2D eigenvalue weighted by Gasteiger charge is 2.30. The number of aromatic hydroxyl groups is 1. The van der Waals surface area contributed by atoms with E-state index in [9.17, 15) is 23.1 Å². The standard InChI is InChI=1S/C21H17ClF3N3O2/c22-16-3-1-2-13(18(16)29)10-28-9-8-15-17(11-28)26-19(27-20(15)30)12-4-6-14(7-5-12)21(23,24)25/h1-7,29H,8-11H2,(H,26,27,30). The van der Waals surface area contributed by atoms with Crippen LogP contribution < -0.4 is 5.56 Å². The largest absolute Gasteiger partial charge is 0.506 e. The van der Waals surface area contributed by atoms with Gasteiger partial charge in [-0.2, -0.15) is 13.2 Å². The van der Waals surface area contributed by atoms with Crippen molar-refractivity contribution in [3.8, 4) is 17.1 Å². The van der Waals surface area contributed by atoms with Gasteiger partial charge in [-0.25, -0.2) is 4.98 Å². The number of phenols is 1. The summed E-state index contributed by atoms with van der Waals surface area (Å²) in [4.78, 5) is 21.7. The highest BCUT2D eigenvalue weighted by atomic mass is 35.5. The van der Waals surface area contributed by atoms with E-state index in [1.807, 2.05) is 4.90 Å². The maximum absolute atomic E-state index is 12.8. The number of hydrogen-bond acceptors (Lipinski definition) is 4. The fourth-order valence-corrected chi connectivity index (χ4v) is 3.71. The van der Waals surface area contributed by atoms with Crippen molar-refractivity contribution in [2.45, 2.75) is 25.7 Å². The van der Waals surface area contributed by atoms with Crippen molar-refractivity contribution in [3.63, 3.8) is 0 Å². The average molecular weight is 436 g/mol. The normalized spacial score (nSPS) is 14.5. The van der Waals surface area contributed by atoms with Crippen molar-refractivity contribution in [3.05, 3.63) is 80.2 Å². The van der Waals surface area contributed by atoms with Gasteiger partial charge in [-0.05, 0) is 24.6 Å². The van der Waals surface area contributed by atoms with E-state index in [0.29, 0.717) is 48.4 Å². The van der Waals surface area contributed by atoms with Gasteiger partial charge in [0.2, 0.25) is 0 Å². The van der Waals surface area contributed by atoms with Crippen LogP contribution in [-0.4, -0.2) is 26.5 Å². The first-order valence-corrected chi connectivity index (χ1v) is 9.58. The van der Waals surface area contributed by atoms with Gasteiger partial charge in [-0.1, -0.05) is 35.9 Å². The van der Waals surface area contributed by atoms with Gasteiger partial charge in [-0.15, -0.1) is 0 Å². The molecule has 4 rings (SSSR count). The summed E-state index contributed by atoms with van der Waals surface area (Å²) in [5.74, 6) is 0.245. The van der Waals surface area contributed by atoms with Crippen molar-refractivity contribution in [1.82, 2.24) is 14.9 Å². The van der Waals surface area contributed by atoms with E-state index in [0.717, 1.165) is 12.1 Å². The minimum atomic E-state index is -4.43. The van der Waals surface area contributed by atoms with E-state index < -0.39 is 11.7 Å². The van der Waals surface area contributed by atoms with Gasteiger partial charge in [0.1, 0.15) is 11.6 Å². The number of nitrogens with zero attached hydrogens (tertiary/aromatic N) is 2. The Kier molecular flexibility index (Phi) is 5.29. The zero-order chi connectivity index (χ0) is 21.5. The Balaban J connectivity index is 1.60. The van der Waals surface area contributed by atoms with E-state index in [2.05, 4.69) is 9.97 Å². The predicted octanol–water partition coefficient (Wildman–Crippen LogP) is 4.37. The molecule has 2 N–H and O–H groups in total. The molecule has 9 heteroatoms. The van der Waals surface area contributed by atoms with Crippen molar-refractivity contribution in [2.24, 2.45) is 0 Å². The van der Waals surface area contributed by atoms with Gasteiger partial charge in [0.05, 0.1) is 16.3 Å². The number of hydrogen-bond donors (Lipinski definition) is 2. The molecule has 30 heavy (non-hydrogen) atoms. The topological polar surface area (TPSA) is 69.2 Å². The molecule has 0 bridgehead atoms. The number of para-hydroxylation sites is 1. The lowest BCUT2D eigenvalue weighted by Crippen LogP contribution is -2.35. The Morgan fingerprint density at radius 1 is 1.17 bits per heavy atom. The number of alkyl halides is 3. The van der Waals surface area contributed by atoms with E-state index in [-0.39, 0.29) is 22.2 Å². The molecule has 156 valence electrons. The predicted molar refractivity (Wildman–Crippen MR) is 106 cm³/mol. The second kappa shape index (κ2) is 7.77. The minimum absolute atomic E-state index is 0.0225. The first-order valence-electron chi connectivity index (χ1n) is 9.21. The Labute approximate surface area is 174 Å². The second-order valence-electron chi connectivity index (χ2n) is 7.12. The molecule has 0 radical (unpaired) electrons. The molecule has 0 aliphatic carbocycles. The first kappa shape index (κ1) is 20.4. The molecule has 5 nitrogen and oxygen atoms in total. The summed E-state index contributed by atoms with van der Waals surface area (Å²) in [6.07, 6.45) is -3.95. The zero-order valence-electron chi connectivity index (χ0n) is 15.6. The summed E-state index contributed by atoms with van der Waals surface area (Å²) in [5.41, 5.74) is 1.14. The van der Waals surface area contributed by atoms with Crippen LogP contribution in [0.15, 0.2) is 47.3 Å². The maximum atomic E-state index is 12.8. The highest BCUT2D eigenvalue weighted by molar-refractivity contribution is 6.32. The van der Waals surface area contributed by atoms with Crippen LogP contribution in [0.5, 0.6) is 5.75 Å². The summed E-state index contributed by atoms with van der Waals surface area (Å²) in [5, 5.41) is 10.4. The number of benzene rings is 2. The molecule has 0 saturated heterocycles. The van der Waals surface area contributed by atoms with Gasteiger partial charge in [-0.3, -0.25) is 9.69 Å². The average Bonchev–Trinajstić information content (AvgIpc) is 2.70. The summed E-state index contributed by atoms with van der Waals surface area (Å²) in [7, 11) is 0. The third kappa shape index (κ3) is 4.06. The van der Waals surface area contributed by atoms with Crippen LogP contribution >= 0.6 is 11.6 Å². The molecule has 3 aromatic rings. The number of aromatic nitrogens is 2. The van der Waals surface area contributed by atoms with E-state index in [4.69, 9.17) is 11.6 Å². The lowest BCUT2D eigenvalue weighted by molar-refractivity contribution is -0.137. The summed E-state index contributed by atoms with van der Waals surface area (Å²) < 4.78 is 38.3. The Bertz CT molecular complexity index is 1140. The van der Waals surface area contributed by atoms with E-state index >= 15 is 0 Å². The third-order valence-electron chi connectivity index (χ3n) is 5.10. The number of halogens is 4. The Morgan fingerprint density at radius 2 is 1.90 bits per heavy atom. The molecule has 0 fully saturated rings. The van der Waals surface area contributed by atoms with Crippen molar-refractivity contribution in [2.75, 3.05) is 6.54 Å². The zero-order valence-corrected chi connectivity index (χ0v) is 16.4. The summed E-state index contributed by atoms with van der Waals surface area (Å²) >= 11 is 5.96. The van der Waals surface area contributed by atoms with Crippen LogP contribution in [0.25, 0.3) is 11.4 Å². The second-order valence-corrected chi connectivity index (χ2v) is 7.53. The number of rotatable bonds is 3. The van der Waals surface area contributed by atoms with Gasteiger partial charge >= 0.3 is 6.18 Å². The molecule has 2 aromatic carbocycles. The lowest BCUT2D eigenvalue weighted by Gasteiger charge is -2.28. The number of nitrogens with one attached hydrogen (secondary N) is 1. The maximum Gasteiger partial charge on any atom is 0.416 e. The van der Waals surface area contributed by atoms with Crippen LogP contribution in [-0.2, 0) is 25.7 Å². The SMILES string of the molecule is O=c1[nH]c(-c2ccc(C(F)(F)F)cc2)nc2c1CCN(Cc1cccc(Cl)c1O)C2. The Hall–Kier alpha value is -2.84. The van der Waals surface area contributed by atoms with Gasteiger partial charge in [0.15, 0.2) is 0 Å². The molecule has 0 atom stereocenters. The third-order valence-corrected chi connectivity index (χ3v) is 5.41. The van der Waals surface area contributed by atoms with Crippen LogP contribution in [0.1, 0.15) is 22.4 Å². The van der Waals surface area contributed by atoms with E-state index in [1.54, 1.807) is 18.2 Å². The van der Waals surface area contributed by atoms with Crippen molar-refractivity contribution >= 4 is 11.6 Å². The van der Waals surface area contributed by atoms with Gasteiger partial charge < -0.3 is 10.1 Å². The molecule has 1 aliphatic rings. The van der Waals surface area contributed by atoms with Crippen LogP contribution in [0.2, 0.25) is 5.02 Å². The molecule has 0 saturated carbocycles. The summed E-state index contributed by atoms with van der Waals surface area (Å²) in [6, 6.07) is 9.63. The first-order chi connectivity index (χ1) is 14.2. The minimum Gasteiger partial charge on any atom is -0.506 e. The number of H-pyrrole nitrogens is 1. The fraction of sp³-hybridized carbons (Fsp3) is 0.238. The van der Waals surface area contributed by atoms with Crippen LogP contribution in [0.4, 0.5) is 13.2 Å². The smallest absolute Gasteiger partial charge is 0.416 e. The monoisotopic (exact) mass is 435 g/mol. The van der Waals surface area contributed by atoms with Gasteiger partial charge in [0, 0.05) is 36.3 Å². The van der Waals surface area contributed by atoms with Crippen LogP contribution in [0, 0.1) is 0 Å². The molecular weight excluding hydrogens is 419 g/mol. The molecule has 0 unspecified atom stereocenters. The number of aromatic amines is 1. The molecule has 0 spiro atoms. The number of phenolic OH excluding ortho intramolecular Hbond substituents is 1. The number of fused-ring (bicyclic) bond motifs is 1. The van der Waals surface area contributed by atoms with Crippen molar-refractivity contribution < 1.29 is 18.3 Å². The molecule has 1 aromatic heterocycles. The molecule has 2 heterocycles. The quantitative estimate of drug-likeness (QED) is 0.641. The van der Waals surface area contributed by atoms with E-state index in [1.165, 1.54) is 12.1 Å². The lowest BCUT2D eigenvalue weighted by atomic mass is 10.0. The van der Waals surface area contributed by atoms with Gasteiger partial charge in [0.25, 0.3) is 5.56 Å².